The first-order chi connectivity index (χ1) is 7.63. The number of hydrogen-bond donors (Lipinski definition) is 2. The molecule has 3 N–H and O–H groups in total. The van der Waals surface area contributed by atoms with Gasteiger partial charge in [0.25, 0.3) is 5.56 Å². The number of nitrogen functional groups attached to an aromatic ring is 1. The van der Waals surface area contributed by atoms with Crippen LogP contribution in [0.1, 0.15) is 4.88 Å². The molecule has 0 aliphatic heterocycles. The number of rotatable bonds is 3. The third kappa shape index (κ3) is 3.01. The van der Waals surface area contributed by atoms with Crippen LogP contribution in [-0.4, -0.2) is 9.97 Å². The minimum Gasteiger partial charge on any atom is -0.383 e. The third-order valence-electron chi connectivity index (χ3n) is 1.72. The number of thiophene rings is 1. The summed E-state index contributed by atoms with van der Waals surface area (Å²) in [7, 11) is 0. The van der Waals surface area contributed by atoms with Crippen molar-refractivity contribution < 1.29 is 0 Å². The molecule has 2 rings (SSSR count). The second kappa shape index (κ2) is 4.90. The summed E-state index contributed by atoms with van der Waals surface area (Å²) < 4.78 is 0.754. The van der Waals surface area contributed by atoms with Crippen molar-refractivity contribution >= 4 is 40.5 Å². The zero-order valence-electron chi connectivity index (χ0n) is 8.07. The summed E-state index contributed by atoms with van der Waals surface area (Å²) in [4.78, 5) is 18.9. The van der Waals surface area contributed by atoms with Crippen LogP contribution in [0.5, 0.6) is 0 Å². The summed E-state index contributed by atoms with van der Waals surface area (Å²) in [5, 5.41) is 0.523. The number of halogens is 1. The molecule has 7 heteroatoms. The van der Waals surface area contributed by atoms with E-state index in [-0.39, 0.29) is 11.4 Å². The number of anilines is 1. The van der Waals surface area contributed by atoms with E-state index in [1.54, 1.807) is 0 Å². The largest absolute Gasteiger partial charge is 0.383 e. The van der Waals surface area contributed by atoms with Crippen LogP contribution in [0, 0.1) is 0 Å². The quantitative estimate of drug-likeness (QED) is 0.665. The molecule has 16 heavy (non-hydrogen) atoms. The molecule has 0 amide bonds. The molecule has 0 spiro atoms. The molecule has 0 aromatic carbocycles. The fraction of sp³-hybridized carbons (Fsp3) is 0.111. The Morgan fingerprint density at radius 3 is 3.00 bits per heavy atom. The molecule has 2 aromatic heterocycles. The Hall–Kier alpha value is -0.980. The average molecular weight is 274 g/mol. The lowest BCUT2D eigenvalue weighted by molar-refractivity contribution is 0.945. The minimum atomic E-state index is -0.237. The number of hydrogen-bond acceptors (Lipinski definition) is 5. The molecule has 4 nitrogen and oxygen atoms in total. The van der Waals surface area contributed by atoms with E-state index in [1.165, 1.54) is 29.2 Å². The predicted octanol–water partition coefficient (Wildman–Crippen LogP) is 2.36. The maximum Gasteiger partial charge on any atom is 0.253 e. The average Bonchev–Trinajstić information content (AvgIpc) is 2.60. The van der Waals surface area contributed by atoms with Crippen LogP contribution < -0.4 is 11.3 Å². The van der Waals surface area contributed by atoms with Crippen LogP contribution in [-0.2, 0) is 5.75 Å². The Bertz CT molecular complexity index is 552. The van der Waals surface area contributed by atoms with Gasteiger partial charge in [-0.05, 0) is 12.1 Å². The number of aromatic amines is 1. The van der Waals surface area contributed by atoms with Crippen LogP contribution in [0.4, 0.5) is 5.82 Å². The maximum absolute atomic E-state index is 11.1. The van der Waals surface area contributed by atoms with E-state index in [2.05, 4.69) is 9.97 Å². The fourth-order valence-electron chi connectivity index (χ4n) is 1.09. The molecular weight excluding hydrogens is 266 g/mol. The number of aromatic nitrogens is 2. The molecule has 0 unspecified atom stereocenters. The highest BCUT2D eigenvalue weighted by Gasteiger charge is 2.02. The topological polar surface area (TPSA) is 71.8 Å². The normalized spacial score (nSPS) is 10.6. The van der Waals surface area contributed by atoms with Gasteiger partial charge in [0.15, 0.2) is 5.16 Å². The lowest BCUT2D eigenvalue weighted by Gasteiger charge is -1.99. The van der Waals surface area contributed by atoms with Crippen LogP contribution in [0.15, 0.2) is 28.2 Å². The molecule has 0 radical (unpaired) electrons. The lowest BCUT2D eigenvalue weighted by atomic mass is 10.5. The second-order valence-electron chi connectivity index (χ2n) is 2.97. The Labute approximate surface area is 105 Å². The minimum absolute atomic E-state index is 0.232. The van der Waals surface area contributed by atoms with E-state index in [1.807, 2.05) is 12.1 Å². The molecule has 0 aliphatic carbocycles. The number of H-pyrrole nitrogens is 1. The summed E-state index contributed by atoms with van der Waals surface area (Å²) in [6.45, 7) is 0. The van der Waals surface area contributed by atoms with Crippen LogP contribution in [0.25, 0.3) is 0 Å². The van der Waals surface area contributed by atoms with Gasteiger partial charge in [-0.15, -0.1) is 11.3 Å². The summed E-state index contributed by atoms with van der Waals surface area (Å²) in [6, 6.07) is 5.05. The molecule has 2 heterocycles. The highest BCUT2D eigenvalue weighted by atomic mass is 35.5. The summed E-state index contributed by atoms with van der Waals surface area (Å²) in [6.07, 6.45) is 0. The summed E-state index contributed by atoms with van der Waals surface area (Å²) in [5.41, 5.74) is 5.23. The van der Waals surface area contributed by atoms with Gasteiger partial charge in [0.2, 0.25) is 0 Å². The highest BCUT2D eigenvalue weighted by Crippen LogP contribution is 2.27. The molecule has 0 atom stereocenters. The van der Waals surface area contributed by atoms with Gasteiger partial charge in [-0.3, -0.25) is 4.79 Å². The van der Waals surface area contributed by atoms with Crippen molar-refractivity contribution in [2.24, 2.45) is 0 Å². The lowest BCUT2D eigenvalue weighted by Crippen LogP contribution is -2.09. The van der Waals surface area contributed by atoms with Gasteiger partial charge < -0.3 is 10.7 Å². The maximum atomic E-state index is 11.1. The van der Waals surface area contributed by atoms with E-state index < -0.39 is 0 Å². The van der Waals surface area contributed by atoms with Crippen LogP contribution >= 0.6 is 34.7 Å². The van der Waals surface area contributed by atoms with Gasteiger partial charge in [-0.1, -0.05) is 23.4 Å². The molecule has 0 saturated heterocycles. The monoisotopic (exact) mass is 273 g/mol. The Kier molecular flexibility index (Phi) is 3.52. The number of nitrogens with one attached hydrogen (secondary N) is 1. The smallest absolute Gasteiger partial charge is 0.253 e. The van der Waals surface area contributed by atoms with Crippen molar-refractivity contribution in [3.63, 3.8) is 0 Å². The summed E-state index contributed by atoms with van der Waals surface area (Å²) >= 11 is 8.74. The van der Waals surface area contributed by atoms with Gasteiger partial charge in [-0.25, -0.2) is 4.98 Å². The molecule has 0 fully saturated rings. The zero-order chi connectivity index (χ0) is 11.5. The molecule has 0 aliphatic rings. The Morgan fingerprint density at radius 1 is 1.56 bits per heavy atom. The molecule has 84 valence electrons. The molecule has 0 saturated carbocycles. The van der Waals surface area contributed by atoms with E-state index in [0.717, 1.165) is 9.21 Å². The van der Waals surface area contributed by atoms with Gasteiger partial charge >= 0.3 is 0 Å². The second-order valence-corrected chi connectivity index (χ2v) is 5.73. The Morgan fingerprint density at radius 2 is 2.38 bits per heavy atom. The van der Waals surface area contributed by atoms with Crippen molar-refractivity contribution in [1.82, 2.24) is 9.97 Å². The number of nitrogens with two attached hydrogens (primary N) is 1. The van der Waals surface area contributed by atoms with Gasteiger partial charge in [0.05, 0.1) is 4.34 Å². The number of nitrogens with zero attached hydrogens (tertiary/aromatic N) is 1. The van der Waals surface area contributed by atoms with E-state index in [9.17, 15) is 4.79 Å². The van der Waals surface area contributed by atoms with Crippen molar-refractivity contribution in [2.45, 2.75) is 10.9 Å². The number of thioether (sulfide) groups is 1. The first kappa shape index (κ1) is 11.5. The first-order valence-electron chi connectivity index (χ1n) is 4.37. The van der Waals surface area contributed by atoms with Crippen molar-refractivity contribution in [3.8, 4) is 0 Å². The first-order valence-corrected chi connectivity index (χ1v) is 6.55. The molecular formula is C9H8ClN3OS2. The van der Waals surface area contributed by atoms with Crippen LogP contribution in [0.3, 0.4) is 0 Å². The molecule has 0 bridgehead atoms. The van der Waals surface area contributed by atoms with E-state index in [0.29, 0.717) is 10.9 Å². The molecule has 2 aromatic rings. The predicted molar refractivity (Wildman–Crippen MR) is 68.2 cm³/mol. The van der Waals surface area contributed by atoms with E-state index >= 15 is 0 Å². The fourth-order valence-corrected chi connectivity index (χ4v) is 3.10. The SMILES string of the molecule is Nc1cc(=O)[nH]c(SCc2ccc(Cl)s2)n1. The zero-order valence-corrected chi connectivity index (χ0v) is 10.5. The highest BCUT2D eigenvalue weighted by molar-refractivity contribution is 7.98. The van der Waals surface area contributed by atoms with Crippen molar-refractivity contribution in [3.05, 3.63) is 37.8 Å². The third-order valence-corrected chi connectivity index (χ3v) is 4.06. The standard InChI is InChI=1S/C9H8ClN3OS2/c10-6-2-1-5(16-6)4-15-9-12-7(11)3-8(14)13-9/h1-3H,4H2,(H3,11,12,13,14). The van der Waals surface area contributed by atoms with Gasteiger partial charge in [-0.2, -0.15) is 0 Å². The van der Waals surface area contributed by atoms with Crippen molar-refractivity contribution in [1.29, 1.82) is 0 Å². The van der Waals surface area contributed by atoms with Crippen molar-refractivity contribution in [2.75, 3.05) is 5.73 Å². The van der Waals surface area contributed by atoms with Gasteiger partial charge in [0, 0.05) is 16.7 Å². The summed E-state index contributed by atoms with van der Waals surface area (Å²) in [5.74, 6) is 0.944. The van der Waals surface area contributed by atoms with E-state index in [4.69, 9.17) is 17.3 Å². The van der Waals surface area contributed by atoms with Crippen LogP contribution in [0.2, 0.25) is 4.34 Å². The Balaban J connectivity index is 2.07. The van der Waals surface area contributed by atoms with Gasteiger partial charge in [0.1, 0.15) is 5.82 Å².